The number of para-hydroxylation sites is 1. The van der Waals surface area contributed by atoms with Gasteiger partial charge in [-0.15, -0.1) is 11.8 Å². The molecule has 1 aliphatic rings. The summed E-state index contributed by atoms with van der Waals surface area (Å²) in [5.41, 5.74) is 2.01. The zero-order valence-electron chi connectivity index (χ0n) is 11.8. The first kappa shape index (κ1) is 14.3. The maximum atomic E-state index is 12.3. The Morgan fingerprint density at radius 3 is 2.95 bits per heavy atom. The molecule has 1 aromatic carbocycles. The number of nitrogens with one attached hydrogen (secondary N) is 1. The van der Waals surface area contributed by atoms with Crippen LogP contribution in [0.3, 0.4) is 0 Å². The normalized spacial score (nSPS) is 18.2. The summed E-state index contributed by atoms with van der Waals surface area (Å²) < 4.78 is 1.05. The molecular formula is C14H15N3O2S2. The molecule has 1 N–H and O–H groups in total. The molecule has 21 heavy (non-hydrogen) atoms. The van der Waals surface area contributed by atoms with Crippen LogP contribution in [0.25, 0.3) is 10.2 Å². The van der Waals surface area contributed by atoms with Gasteiger partial charge < -0.3 is 10.2 Å². The van der Waals surface area contributed by atoms with Gasteiger partial charge in [0.15, 0.2) is 5.13 Å². The summed E-state index contributed by atoms with van der Waals surface area (Å²) in [7, 11) is 0. The van der Waals surface area contributed by atoms with E-state index in [1.54, 1.807) is 16.7 Å². The van der Waals surface area contributed by atoms with Crippen LogP contribution < -0.4 is 5.32 Å². The highest BCUT2D eigenvalue weighted by molar-refractivity contribution is 7.99. The van der Waals surface area contributed by atoms with Gasteiger partial charge in [0, 0.05) is 12.7 Å². The molecule has 0 spiro atoms. The Balaban J connectivity index is 1.80. The molecule has 5 nitrogen and oxygen atoms in total. The average Bonchev–Trinajstić information content (AvgIpc) is 3.04. The quantitative estimate of drug-likeness (QED) is 0.923. The second-order valence-corrected chi connectivity index (χ2v) is 6.96. The van der Waals surface area contributed by atoms with Gasteiger partial charge in [-0.05, 0) is 18.6 Å². The number of amides is 2. The number of benzene rings is 1. The van der Waals surface area contributed by atoms with Crippen LogP contribution in [0, 0.1) is 6.92 Å². The number of hydrogen-bond acceptors (Lipinski definition) is 5. The second-order valence-electron chi connectivity index (χ2n) is 4.93. The molecule has 0 aliphatic carbocycles. The van der Waals surface area contributed by atoms with Crippen molar-refractivity contribution in [1.82, 2.24) is 9.88 Å². The first-order valence-corrected chi connectivity index (χ1v) is 8.55. The molecule has 1 fully saturated rings. The lowest BCUT2D eigenvalue weighted by molar-refractivity contribution is -0.134. The number of carbonyl (C=O) groups is 2. The fourth-order valence-electron chi connectivity index (χ4n) is 2.30. The standard InChI is InChI=1S/C14H15N3O2S2/c1-8-4-3-5-11-12(8)15-14(21-11)16-13(19)10-6-20-7-17(10)9(2)18/h3-5,10H,6-7H2,1-2H3,(H,15,16,19)/t10-/m0/s1. The molecule has 0 unspecified atom stereocenters. The molecule has 0 saturated carbocycles. The minimum atomic E-state index is -0.402. The summed E-state index contributed by atoms with van der Waals surface area (Å²) in [6, 6.07) is 5.56. The van der Waals surface area contributed by atoms with Crippen LogP contribution in [0.4, 0.5) is 5.13 Å². The van der Waals surface area contributed by atoms with E-state index in [1.165, 1.54) is 18.3 Å². The third kappa shape index (κ3) is 2.75. The van der Waals surface area contributed by atoms with Crippen LogP contribution in [0.5, 0.6) is 0 Å². The van der Waals surface area contributed by atoms with E-state index < -0.39 is 6.04 Å². The number of anilines is 1. The smallest absolute Gasteiger partial charge is 0.249 e. The van der Waals surface area contributed by atoms with Gasteiger partial charge in [0.25, 0.3) is 0 Å². The van der Waals surface area contributed by atoms with Crippen LogP contribution >= 0.6 is 23.1 Å². The van der Waals surface area contributed by atoms with E-state index >= 15 is 0 Å². The van der Waals surface area contributed by atoms with Crippen molar-refractivity contribution in [2.24, 2.45) is 0 Å². The topological polar surface area (TPSA) is 62.3 Å². The van der Waals surface area contributed by atoms with Crippen LogP contribution in [-0.2, 0) is 9.59 Å². The summed E-state index contributed by atoms with van der Waals surface area (Å²) in [4.78, 5) is 29.9. The number of thioether (sulfide) groups is 1. The lowest BCUT2D eigenvalue weighted by Crippen LogP contribution is -2.43. The SMILES string of the molecule is CC(=O)N1CSC[C@H]1C(=O)Nc1nc2c(C)cccc2s1. The number of nitrogens with zero attached hydrogens (tertiary/aromatic N) is 2. The molecule has 0 bridgehead atoms. The van der Waals surface area contributed by atoms with E-state index in [9.17, 15) is 9.59 Å². The number of rotatable bonds is 2. The van der Waals surface area contributed by atoms with E-state index in [2.05, 4.69) is 10.3 Å². The molecule has 2 heterocycles. The monoisotopic (exact) mass is 321 g/mol. The molecule has 1 saturated heterocycles. The van der Waals surface area contributed by atoms with Gasteiger partial charge in [0.2, 0.25) is 11.8 Å². The molecule has 3 rings (SSSR count). The Morgan fingerprint density at radius 2 is 2.24 bits per heavy atom. The molecular weight excluding hydrogens is 306 g/mol. The van der Waals surface area contributed by atoms with Crippen LogP contribution in [0.1, 0.15) is 12.5 Å². The average molecular weight is 321 g/mol. The van der Waals surface area contributed by atoms with Crippen molar-refractivity contribution >= 4 is 50.3 Å². The number of thiazole rings is 1. The lowest BCUT2D eigenvalue weighted by atomic mass is 10.2. The Hall–Kier alpha value is -1.60. The Kier molecular flexibility index (Phi) is 3.86. The largest absolute Gasteiger partial charge is 0.321 e. The molecule has 110 valence electrons. The third-order valence-corrected chi connectivity index (χ3v) is 5.39. The predicted octanol–water partition coefficient (Wildman–Crippen LogP) is 2.46. The minimum Gasteiger partial charge on any atom is -0.321 e. The Labute approximate surface area is 130 Å². The maximum absolute atomic E-state index is 12.3. The molecule has 2 amide bonds. The number of fused-ring (bicyclic) bond motifs is 1. The molecule has 7 heteroatoms. The van der Waals surface area contributed by atoms with E-state index in [0.29, 0.717) is 16.8 Å². The highest BCUT2D eigenvalue weighted by atomic mass is 32.2. The van der Waals surface area contributed by atoms with Gasteiger partial charge in [-0.2, -0.15) is 0 Å². The number of hydrogen-bond donors (Lipinski definition) is 1. The van der Waals surface area contributed by atoms with Gasteiger partial charge in [-0.25, -0.2) is 4.98 Å². The predicted molar refractivity (Wildman–Crippen MR) is 86.6 cm³/mol. The van der Waals surface area contributed by atoms with Gasteiger partial charge in [0.05, 0.1) is 16.1 Å². The Morgan fingerprint density at radius 1 is 1.43 bits per heavy atom. The minimum absolute atomic E-state index is 0.0692. The lowest BCUT2D eigenvalue weighted by Gasteiger charge is -2.20. The third-order valence-electron chi connectivity index (χ3n) is 3.44. The van der Waals surface area contributed by atoms with Crippen LogP contribution in [0.2, 0.25) is 0 Å². The van der Waals surface area contributed by atoms with Gasteiger partial charge in [-0.1, -0.05) is 23.5 Å². The fourth-order valence-corrected chi connectivity index (χ4v) is 4.46. The maximum Gasteiger partial charge on any atom is 0.249 e. The van der Waals surface area contributed by atoms with Crippen molar-refractivity contribution in [2.45, 2.75) is 19.9 Å². The van der Waals surface area contributed by atoms with E-state index in [4.69, 9.17) is 0 Å². The van der Waals surface area contributed by atoms with Gasteiger partial charge in [-0.3, -0.25) is 9.59 Å². The van der Waals surface area contributed by atoms with Crippen molar-refractivity contribution in [1.29, 1.82) is 0 Å². The van der Waals surface area contributed by atoms with Gasteiger partial charge >= 0.3 is 0 Å². The van der Waals surface area contributed by atoms with Crippen molar-refractivity contribution in [3.8, 4) is 0 Å². The van der Waals surface area contributed by atoms with Crippen molar-refractivity contribution in [3.63, 3.8) is 0 Å². The summed E-state index contributed by atoms with van der Waals surface area (Å²) in [5, 5.41) is 3.43. The van der Waals surface area contributed by atoms with Crippen molar-refractivity contribution in [3.05, 3.63) is 23.8 Å². The van der Waals surface area contributed by atoms with E-state index in [1.807, 2.05) is 25.1 Å². The number of carbonyl (C=O) groups excluding carboxylic acids is 2. The zero-order chi connectivity index (χ0) is 15.0. The fraction of sp³-hybridized carbons (Fsp3) is 0.357. The summed E-state index contributed by atoms with van der Waals surface area (Å²) in [6.45, 7) is 3.49. The van der Waals surface area contributed by atoms with Crippen LogP contribution in [0.15, 0.2) is 18.2 Å². The van der Waals surface area contributed by atoms with Crippen molar-refractivity contribution in [2.75, 3.05) is 16.9 Å². The van der Waals surface area contributed by atoms with E-state index in [0.717, 1.165) is 15.8 Å². The highest BCUT2D eigenvalue weighted by Crippen LogP contribution is 2.29. The number of aromatic nitrogens is 1. The van der Waals surface area contributed by atoms with E-state index in [-0.39, 0.29) is 11.8 Å². The Bertz CT molecular complexity index is 713. The first-order chi connectivity index (χ1) is 10.1. The summed E-state index contributed by atoms with van der Waals surface area (Å²) in [6.07, 6.45) is 0. The molecule has 0 radical (unpaired) electrons. The number of aryl methyl sites for hydroxylation is 1. The van der Waals surface area contributed by atoms with Crippen LogP contribution in [-0.4, -0.2) is 39.4 Å². The molecule has 1 aliphatic heterocycles. The highest BCUT2D eigenvalue weighted by Gasteiger charge is 2.33. The molecule has 2 aromatic rings. The molecule has 1 atom stereocenters. The second kappa shape index (κ2) is 5.65. The first-order valence-electron chi connectivity index (χ1n) is 6.58. The van der Waals surface area contributed by atoms with Crippen molar-refractivity contribution < 1.29 is 9.59 Å². The summed E-state index contributed by atoms with van der Waals surface area (Å²) in [5.74, 6) is 0.981. The summed E-state index contributed by atoms with van der Waals surface area (Å²) >= 11 is 3.05. The van der Waals surface area contributed by atoms with Gasteiger partial charge in [0.1, 0.15) is 6.04 Å². The zero-order valence-corrected chi connectivity index (χ0v) is 13.4. The molecule has 1 aromatic heterocycles.